The van der Waals surface area contributed by atoms with Gasteiger partial charge in [-0.25, -0.2) is 0 Å². The summed E-state index contributed by atoms with van der Waals surface area (Å²) < 4.78 is 1.13. The van der Waals surface area contributed by atoms with E-state index in [0.717, 1.165) is 29.1 Å². The van der Waals surface area contributed by atoms with Crippen LogP contribution in [-0.4, -0.2) is 20.6 Å². The van der Waals surface area contributed by atoms with Crippen LogP contribution >= 0.6 is 15.9 Å². The fourth-order valence-corrected chi connectivity index (χ4v) is 3.69. The Hall–Kier alpha value is -1.54. The third-order valence-electron chi connectivity index (χ3n) is 4.10. The van der Waals surface area contributed by atoms with Gasteiger partial charge in [-0.1, -0.05) is 6.42 Å². The van der Waals surface area contributed by atoms with Gasteiger partial charge in [-0.15, -0.1) is 0 Å². The largest absolute Gasteiger partial charge is 0.314 e. The van der Waals surface area contributed by atoms with Gasteiger partial charge in [0.05, 0.1) is 9.68 Å². The fourth-order valence-electron chi connectivity index (χ4n) is 3.09. The molecule has 1 aromatic carbocycles. The predicted molar refractivity (Wildman–Crippen MR) is 74.2 cm³/mol. The van der Waals surface area contributed by atoms with Crippen LogP contribution in [0.3, 0.4) is 0 Å². The molecule has 2 aliphatic rings. The van der Waals surface area contributed by atoms with E-state index in [1.807, 2.05) is 0 Å². The molecule has 1 spiro atoms. The summed E-state index contributed by atoms with van der Waals surface area (Å²) in [6.45, 7) is 0. The van der Waals surface area contributed by atoms with Gasteiger partial charge in [0.15, 0.2) is 5.69 Å². The van der Waals surface area contributed by atoms with Crippen LogP contribution in [0.1, 0.15) is 32.1 Å². The zero-order valence-corrected chi connectivity index (χ0v) is 12.2. The second kappa shape index (κ2) is 4.49. The number of hydroxylamine groups is 1. The SMILES string of the molecule is O=[N+]([O-])c1cc(Br)c2c(c1)N(O)C1(CCCCC1)[N+]2=O. The summed E-state index contributed by atoms with van der Waals surface area (Å²) in [5, 5.41) is 22.2. The van der Waals surface area contributed by atoms with Gasteiger partial charge in [0.1, 0.15) is 4.47 Å². The van der Waals surface area contributed by atoms with Gasteiger partial charge >= 0.3 is 5.66 Å². The van der Waals surface area contributed by atoms with Gasteiger partial charge in [-0.3, -0.25) is 15.3 Å². The summed E-state index contributed by atoms with van der Waals surface area (Å²) in [6, 6.07) is 2.54. The molecule has 106 valence electrons. The van der Waals surface area contributed by atoms with Crippen molar-refractivity contribution in [2.24, 2.45) is 0 Å². The molecule has 8 heteroatoms. The zero-order valence-electron chi connectivity index (χ0n) is 10.6. The highest BCUT2D eigenvalue weighted by Crippen LogP contribution is 2.52. The van der Waals surface area contributed by atoms with E-state index in [0.29, 0.717) is 17.3 Å². The summed E-state index contributed by atoms with van der Waals surface area (Å²) in [5.41, 5.74) is -0.711. The molecule has 7 nitrogen and oxygen atoms in total. The Morgan fingerprint density at radius 3 is 2.60 bits per heavy atom. The minimum absolute atomic E-state index is 0.157. The maximum atomic E-state index is 12.6. The highest BCUT2D eigenvalue weighted by molar-refractivity contribution is 9.10. The van der Waals surface area contributed by atoms with Gasteiger partial charge in [-0.05, 0) is 28.8 Å². The van der Waals surface area contributed by atoms with E-state index in [1.54, 1.807) is 0 Å². The summed E-state index contributed by atoms with van der Waals surface area (Å²) in [7, 11) is 0. The molecule has 0 unspecified atom stereocenters. The smallest absolute Gasteiger partial charge is 0.282 e. The minimum Gasteiger partial charge on any atom is -0.282 e. The molecule has 20 heavy (non-hydrogen) atoms. The quantitative estimate of drug-likeness (QED) is 0.478. The van der Waals surface area contributed by atoms with Gasteiger partial charge in [0.25, 0.3) is 11.4 Å². The summed E-state index contributed by atoms with van der Waals surface area (Å²) in [4.78, 5) is 23.0. The Labute approximate surface area is 123 Å². The van der Waals surface area contributed by atoms with Crippen molar-refractivity contribution in [3.63, 3.8) is 0 Å². The normalized spacial score (nSPS) is 20.3. The highest BCUT2D eigenvalue weighted by atomic mass is 79.9. The molecule has 0 radical (unpaired) electrons. The minimum atomic E-state index is -1.02. The van der Waals surface area contributed by atoms with Crippen molar-refractivity contribution in [2.75, 3.05) is 5.06 Å². The number of hydrogen-bond acceptors (Lipinski definition) is 5. The third-order valence-corrected chi connectivity index (χ3v) is 4.70. The molecular formula is C12H13BrN3O4+. The number of non-ortho nitro benzene ring substituents is 1. The van der Waals surface area contributed by atoms with Crippen LogP contribution in [-0.2, 0) is 0 Å². The Morgan fingerprint density at radius 1 is 1.35 bits per heavy atom. The van der Waals surface area contributed by atoms with E-state index in [4.69, 9.17) is 0 Å². The first-order chi connectivity index (χ1) is 9.47. The van der Waals surface area contributed by atoms with E-state index < -0.39 is 10.6 Å². The molecule has 1 heterocycles. The Morgan fingerprint density at radius 2 is 2.00 bits per heavy atom. The number of nitro groups is 1. The number of nitroso groups, excluding NO2 is 1. The van der Waals surface area contributed by atoms with Crippen LogP contribution in [0.2, 0.25) is 0 Å². The lowest BCUT2D eigenvalue weighted by molar-refractivity contribution is -0.556. The van der Waals surface area contributed by atoms with Crippen molar-refractivity contribution in [1.29, 1.82) is 0 Å². The fraction of sp³-hybridized carbons (Fsp3) is 0.500. The molecule has 1 aliphatic carbocycles. The van der Waals surface area contributed by atoms with Crippen molar-refractivity contribution < 1.29 is 14.9 Å². The van der Waals surface area contributed by atoms with Crippen molar-refractivity contribution in [1.82, 2.24) is 0 Å². The van der Waals surface area contributed by atoms with Gasteiger partial charge < -0.3 is 0 Å². The van der Waals surface area contributed by atoms with Crippen molar-refractivity contribution in [2.45, 2.75) is 37.8 Å². The molecule has 0 bridgehead atoms. The molecule has 1 fully saturated rings. The lowest BCUT2D eigenvalue weighted by Crippen LogP contribution is -2.50. The second-order valence-electron chi connectivity index (χ2n) is 5.20. The van der Waals surface area contributed by atoms with E-state index >= 15 is 0 Å². The van der Waals surface area contributed by atoms with E-state index in [-0.39, 0.29) is 17.1 Å². The molecule has 1 saturated carbocycles. The van der Waals surface area contributed by atoms with Crippen LogP contribution in [0.5, 0.6) is 0 Å². The van der Waals surface area contributed by atoms with E-state index in [9.17, 15) is 20.2 Å². The first-order valence-corrected chi connectivity index (χ1v) is 7.21. The van der Waals surface area contributed by atoms with Crippen molar-refractivity contribution in [3.05, 3.63) is 31.6 Å². The maximum absolute atomic E-state index is 12.6. The van der Waals surface area contributed by atoms with E-state index in [1.165, 1.54) is 12.1 Å². The summed E-state index contributed by atoms with van der Waals surface area (Å²) in [6.07, 6.45) is 3.82. The Kier molecular flexibility index (Phi) is 3.02. The standard InChI is InChI=1S/C12H13BrN3O4/c13-9-6-8(16(19)20)7-10-11(9)15(18)12(14(10)17)4-2-1-3-5-12/h6-7,17H,1-5H2/q+1. The average molecular weight is 343 g/mol. The summed E-state index contributed by atoms with van der Waals surface area (Å²) in [5.74, 6) is 0. The molecule has 1 aromatic rings. The molecule has 0 saturated heterocycles. The molecular weight excluding hydrogens is 330 g/mol. The maximum Gasteiger partial charge on any atom is 0.314 e. The number of fused-ring (bicyclic) bond motifs is 1. The monoisotopic (exact) mass is 342 g/mol. The van der Waals surface area contributed by atoms with Gasteiger partial charge in [0.2, 0.25) is 0 Å². The number of nitro benzene ring substituents is 1. The van der Waals surface area contributed by atoms with E-state index in [2.05, 4.69) is 15.9 Å². The number of hydrogen-bond donors (Lipinski definition) is 1. The van der Waals surface area contributed by atoms with Gasteiger partial charge in [-0.2, -0.15) is 5.06 Å². The zero-order chi connectivity index (χ0) is 14.5. The molecule has 0 atom stereocenters. The van der Waals surface area contributed by atoms with Gasteiger partial charge in [0, 0.05) is 29.9 Å². The van der Waals surface area contributed by atoms with Crippen LogP contribution in [0.4, 0.5) is 17.1 Å². The first-order valence-electron chi connectivity index (χ1n) is 6.42. The van der Waals surface area contributed by atoms with Crippen LogP contribution in [0, 0.1) is 15.0 Å². The Balaban J connectivity index is 2.15. The van der Waals surface area contributed by atoms with Crippen LogP contribution in [0.15, 0.2) is 16.6 Å². The van der Waals surface area contributed by atoms with Crippen LogP contribution < -0.4 is 5.06 Å². The lowest BCUT2D eigenvalue weighted by Gasteiger charge is -2.29. The predicted octanol–water partition coefficient (Wildman–Crippen LogP) is 3.64. The third kappa shape index (κ3) is 1.68. The molecule has 0 aromatic heterocycles. The lowest BCUT2D eigenvalue weighted by atomic mass is 9.89. The first kappa shape index (κ1) is 13.4. The number of rotatable bonds is 1. The Bertz CT molecular complexity index is 613. The summed E-state index contributed by atoms with van der Waals surface area (Å²) >= 11 is 3.20. The highest BCUT2D eigenvalue weighted by Gasteiger charge is 2.61. The molecule has 1 N–H and O–H groups in total. The molecule has 0 amide bonds. The number of anilines is 1. The van der Waals surface area contributed by atoms with Crippen LogP contribution in [0.25, 0.3) is 0 Å². The topological polar surface area (TPSA) is 86.7 Å². The molecule has 3 rings (SSSR count). The number of halogens is 1. The van der Waals surface area contributed by atoms with Crippen molar-refractivity contribution in [3.8, 4) is 0 Å². The molecule has 1 aliphatic heterocycles. The average Bonchev–Trinajstić information content (AvgIpc) is 2.63. The van der Waals surface area contributed by atoms with Crippen molar-refractivity contribution >= 4 is 33.0 Å². The second-order valence-corrected chi connectivity index (χ2v) is 6.06. The number of benzene rings is 1. The number of nitrogens with zero attached hydrogens (tertiary/aromatic N) is 3.